The molecule has 1 aliphatic carbocycles. The van der Waals surface area contributed by atoms with E-state index in [-0.39, 0.29) is 23.6 Å². The zero-order valence-corrected chi connectivity index (χ0v) is 26.1. The van der Waals surface area contributed by atoms with Crippen molar-refractivity contribution >= 4 is 17.6 Å². The van der Waals surface area contributed by atoms with Crippen molar-refractivity contribution < 1.29 is 9.53 Å². The first-order valence-electron chi connectivity index (χ1n) is 16.3. The second kappa shape index (κ2) is 10.9. The number of nitrogens with one attached hydrogen (secondary N) is 1. The summed E-state index contributed by atoms with van der Waals surface area (Å²) in [6.07, 6.45) is 8.67. The molecule has 7 nitrogen and oxygen atoms in total. The Kier molecular flexibility index (Phi) is 7.19. The second-order valence-corrected chi connectivity index (χ2v) is 14.1. The Labute approximate surface area is 256 Å². The second-order valence-electron chi connectivity index (χ2n) is 14.1. The highest BCUT2D eigenvalue weighted by Gasteiger charge is 2.54. The predicted molar refractivity (Wildman–Crippen MR) is 170 cm³/mol. The van der Waals surface area contributed by atoms with Gasteiger partial charge in [-0.2, -0.15) is 0 Å². The highest BCUT2D eigenvalue weighted by molar-refractivity contribution is 5.78. The monoisotopic (exact) mass is 579 g/mol. The van der Waals surface area contributed by atoms with Crippen LogP contribution in [0.3, 0.4) is 0 Å². The van der Waals surface area contributed by atoms with Gasteiger partial charge < -0.3 is 19.9 Å². The summed E-state index contributed by atoms with van der Waals surface area (Å²) in [7, 11) is 0. The third-order valence-electron chi connectivity index (χ3n) is 10.3. The number of nitrogens with zero attached hydrogens (tertiary/aromatic N) is 4. The summed E-state index contributed by atoms with van der Waals surface area (Å²) in [5.41, 5.74) is 7.25. The van der Waals surface area contributed by atoms with Crippen LogP contribution in [0, 0.1) is 0 Å². The molecule has 4 heterocycles. The van der Waals surface area contributed by atoms with E-state index in [1.807, 2.05) is 25.7 Å². The number of carbonyl (C=O) groups is 1. The van der Waals surface area contributed by atoms with Crippen molar-refractivity contribution in [2.75, 3.05) is 24.5 Å². The minimum atomic E-state index is -0.527. The van der Waals surface area contributed by atoms with Crippen molar-refractivity contribution in [3.05, 3.63) is 82.8 Å². The van der Waals surface area contributed by atoms with Gasteiger partial charge in [-0.15, -0.1) is 0 Å². The van der Waals surface area contributed by atoms with Crippen LogP contribution >= 0.6 is 0 Å². The van der Waals surface area contributed by atoms with Gasteiger partial charge in [0.1, 0.15) is 17.7 Å². The molecule has 0 bridgehead atoms. The van der Waals surface area contributed by atoms with Crippen LogP contribution < -0.4 is 10.2 Å². The van der Waals surface area contributed by atoms with E-state index in [2.05, 4.69) is 65.7 Å². The SMILES string of the molecule is C[C@@H]1CCc2ncnc(N3c4cccc([C@H]5CCCN5C(=O)OC(C)(C)C)c4C4(CCNCC4)[C@H]3Cc3ccccc3)c21. The molecule has 1 aromatic heterocycles. The molecule has 3 aromatic rings. The number of hydrogen-bond donors (Lipinski definition) is 1. The molecule has 0 radical (unpaired) electrons. The van der Waals surface area contributed by atoms with Crippen molar-refractivity contribution in [1.29, 1.82) is 0 Å². The van der Waals surface area contributed by atoms with E-state index in [1.54, 1.807) is 6.33 Å². The normalized spacial score (nSPS) is 24.3. The lowest BCUT2D eigenvalue weighted by Gasteiger charge is -2.43. The molecular weight excluding hydrogens is 534 g/mol. The molecule has 1 amide bonds. The zero-order chi connectivity index (χ0) is 29.8. The molecule has 7 heteroatoms. The molecular formula is C36H45N5O2. The minimum Gasteiger partial charge on any atom is -0.444 e. The summed E-state index contributed by atoms with van der Waals surface area (Å²) >= 11 is 0. The van der Waals surface area contributed by atoms with Gasteiger partial charge in [0.05, 0.1) is 6.04 Å². The molecule has 0 saturated carbocycles. The van der Waals surface area contributed by atoms with Crippen molar-refractivity contribution in [2.45, 2.75) is 102 Å². The fraction of sp³-hybridized carbons (Fsp3) is 0.528. The molecule has 3 atom stereocenters. The fourth-order valence-corrected chi connectivity index (χ4v) is 8.45. The molecule has 1 spiro atoms. The van der Waals surface area contributed by atoms with E-state index in [0.29, 0.717) is 5.92 Å². The third kappa shape index (κ3) is 4.90. The maximum Gasteiger partial charge on any atom is 0.410 e. The number of aromatic nitrogens is 2. The summed E-state index contributed by atoms with van der Waals surface area (Å²) < 4.78 is 5.93. The number of benzene rings is 2. The van der Waals surface area contributed by atoms with Crippen LogP contribution in [0.5, 0.6) is 0 Å². The Morgan fingerprint density at radius 3 is 2.60 bits per heavy atom. The Hall–Kier alpha value is -3.45. The molecule has 226 valence electrons. The summed E-state index contributed by atoms with van der Waals surface area (Å²) in [5.74, 6) is 1.51. The van der Waals surface area contributed by atoms with Gasteiger partial charge in [-0.3, -0.25) is 0 Å². The number of hydrogen-bond acceptors (Lipinski definition) is 6. The Morgan fingerprint density at radius 1 is 1.05 bits per heavy atom. The Morgan fingerprint density at radius 2 is 1.84 bits per heavy atom. The van der Waals surface area contributed by atoms with Crippen molar-refractivity contribution in [1.82, 2.24) is 20.2 Å². The van der Waals surface area contributed by atoms with E-state index < -0.39 is 5.60 Å². The fourth-order valence-electron chi connectivity index (χ4n) is 8.45. The first-order chi connectivity index (χ1) is 20.8. The first-order valence-corrected chi connectivity index (χ1v) is 16.3. The lowest BCUT2D eigenvalue weighted by molar-refractivity contribution is 0.0223. The number of carbonyl (C=O) groups excluding carboxylic acids is 1. The number of rotatable bonds is 4. The molecule has 2 saturated heterocycles. The molecule has 2 fully saturated rings. The van der Waals surface area contributed by atoms with E-state index in [4.69, 9.17) is 14.7 Å². The van der Waals surface area contributed by atoms with Crippen LogP contribution in [0.25, 0.3) is 0 Å². The maximum absolute atomic E-state index is 13.5. The summed E-state index contributed by atoms with van der Waals surface area (Å²) in [6, 6.07) is 18.0. The van der Waals surface area contributed by atoms with Gasteiger partial charge >= 0.3 is 6.09 Å². The van der Waals surface area contributed by atoms with Gasteiger partial charge in [0.15, 0.2) is 0 Å². The van der Waals surface area contributed by atoms with Crippen LogP contribution in [0.2, 0.25) is 0 Å². The number of anilines is 2. The van der Waals surface area contributed by atoms with Crippen LogP contribution in [0.4, 0.5) is 16.3 Å². The van der Waals surface area contributed by atoms with Crippen LogP contribution in [-0.4, -0.2) is 52.2 Å². The number of ether oxygens (including phenoxy) is 1. The molecule has 43 heavy (non-hydrogen) atoms. The van der Waals surface area contributed by atoms with Crippen LogP contribution in [-0.2, 0) is 23.0 Å². The number of aryl methyl sites for hydroxylation is 1. The van der Waals surface area contributed by atoms with E-state index in [9.17, 15) is 4.79 Å². The quantitative estimate of drug-likeness (QED) is 0.360. The van der Waals surface area contributed by atoms with Gasteiger partial charge in [-0.1, -0.05) is 49.4 Å². The lowest BCUT2D eigenvalue weighted by Crippen LogP contribution is -2.51. The van der Waals surface area contributed by atoms with E-state index in [0.717, 1.165) is 70.4 Å². The van der Waals surface area contributed by atoms with E-state index in [1.165, 1.54) is 33.6 Å². The summed E-state index contributed by atoms with van der Waals surface area (Å²) in [6.45, 7) is 10.9. The van der Waals surface area contributed by atoms with Crippen LogP contribution in [0.1, 0.15) is 99.7 Å². The predicted octanol–water partition coefficient (Wildman–Crippen LogP) is 6.98. The maximum atomic E-state index is 13.5. The van der Waals surface area contributed by atoms with Crippen molar-refractivity contribution in [2.24, 2.45) is 0 Å². The van der Waals surface area contributed by atoms with Gasteiger partial charge in [-0.25, -0.2) is 14.8 Å². The first kappa shape index (κ1) is 28.3. The van der Waals surface area contributed by atoms with Crippen molar-refractivity contribution in [3.63, 3.8) is 0 Å². The third-order valence-corrected chi connectivity index (χ3v) is 10.3. The Balaban J connectivity index is 1.42. The average molecular weight is 580 g/mol. The molecule has 1 N–H and O–H groups in total. The van der Waals surface area contributed by atoms with Crippen LogP contribution in [0.15, 0.2) is 54.9 Å². The average Bonchev–Trinajstić information content (AvgIpc) is 3.70. The lowest BCUT2D eigenvalue weighted by atomic mass is 9.66. The van der Waals surface area contributed by atoms with Gasteiger partial charge in [0, 0.05) is 34.9 Å². The largest absolute Gasteiger partial charge is 0.444 e. The van der Waals surface area contributed by atoms with Gasteiger partial charge in [0.2, 0.25) is 0 Å². The Bertz CT molecular complexity index is 1490. The number of amides is 1. The van der Waals surface area contributed by atoms with Gasteiger partial charge in [-0.05, 0) is 107 Å². The summed E-state index contributed by atoms with van der Waals surface area (Å²) in [5, 5.41) is 3.67. The number of likely N-dealkylation sites (tertiary alicyclic amines) is 1. The van der Waals surface area contributed by atoms with Crippen molar-refractivity contribution in [3.8, 4) is 0 Å². The molecule has 7 rings (SSSR count). The summed E-state index contributed by atoms with van der Waals surface area (Å²) in [4.78, 5) is 28.0. The molecule has 0 unspecified atom stereocenters. The molecule has 2 aromatic carbocycles. The number of fused-ring (bicyclic) bond motifs is 3. The van der Waals surface area contributed by atoms with Gasteiger partial charge in [0.25, 0.3) is 0 Å². The number of piperidine rings is 1. The smallest absolute Gasteiger partial charge is 0.410 e. The highest BCUT2D eigenvalue weighted by atomic mass is 16.6. The standard InChI is InChI=1S/C36H45N5O2/c1-24-15-16-27-31(24)33(39-23-38-27)41-29-13-8-12-26(28-14-9-21-40(28)34(42)43-35(2,3)4)32(29)36(17-19-37-20-18-36)30(41)22-25-10-6-5-7-11-25/h5-8,10-13,23-24,28,30,37H,9,14-22H2,1-4H3/t24-,28-,30-/m1/s1. The highest BCUT2D eigenvalue weighted by Crippen LogP contribution is 2.58. The van der Waals surface area contributed by atoms with E-state index >= 15 is 0 Å². The zero-order valence-electron chi connectivity index (χ0n) is 26.1. The molecule has 4 aliphatic rings. The minimum absolute atomic E-state index is 0.00363. The molecule has 3 aliphatic heterocycles. The topological polar surface area (TPSA) is 70.6 Å².